The molecule has 2 heterocycles. The fraction of sp³-hybridized carbons (Fsp3) is 0.389. The van der Waals surface area contributed by atoms with Crippen LogP contribution >= 0.6 is 11.9 Å². The maximum Gasteiger partial charge on any atom is 0.263 e. The van der Waals surface area contributed by atoms with Crippen molar-refractivity contribution in [3.05, 3.63) is 47.0 Å². The summed E-state index contributed by atoms with van der Waals surface area (Å²) in [5.74, 6) is -0.272. The standard InChI is InChI=1S/C18H23N5O2S/c19-12-16(26-20)18(25)22-10-7-14(8-11-22)17(24)23-15(6-9-21-23)13-4-2-1-3-5-13/h1-5,9,12,14-15H,6-8,10-11,19-20H2/b16-12-. The van der Waals surface area contributed by atoms with Crippen molar-refractivity contribution in [2.24, 2.45) is 21.9 Å². The Kier molecular flexibility index (Phi) is 5.95. The van der Waals surface area contributed by atoms with Crippen LogP contribution in [0.25, 0.3) is 0 Å². The molecule has 1 aromatic carbocycles. The molecule has 0 spiro atoms. The summed E-state index contributed by atoms with van der Waals surface area (Å²) in [6.07, 6.45) is 4.99. The summed E-state index contributed by atoms with van der Waals surface area (Å²) in [6.45, 7) is 1.03. The van der Waals surface area contributed by atoms with Gasteiger partial charge in [-0.25, -0.2) is 5.01 Å². The maximum atomic E-state index is 13.0. The van der Waals surface area contributed by atoms with Gasteiger partial charge in [-0.1, -0.05) is 30.3 Å². The number of nitrogens with zero attached hydrogens (tertiary/aromatic N) is 3. The lowest BCUT2D eigenvalue weighted by Gasteiger charge is -2.34. The maximum absolute atomic E-state index is 13.0. The van der Waals surface area contributed by atoms with Gasteiger partial charge in [-0.15, -0.1) is 0 Å². The second-order valence-electron chi connectivity index (χ2n) is 6.36. The minimum absolute atomic E-state index is 0.0301. The van der Waals surface area contributed by atoms with Crippen LogP contribution in [0.15, 0.2) is 46.5 Å². The number of piperidine rings is 1. The van der Waals surface area contributed by atoms with Crippen LogP contribution in [-0.2, 0) is 9.59 Å². The molecule has 2 aliphatic rings. The topological polar surface area (TPSA) is 105 Å². The van der Waals surface area contributed by atoms with Crippen molar-refractivity contribution < 1.29 is 9.59 Å². The average Bonchev–Trinajstić information content (AvgIpc) is 3.19. The molecule has 4 N–H and O–H groups in total. The van der Waals surface area contributed by atoms with Gasteiger partial charge in [0.15, 0.2) is 0 Å². The van der Waals surface area contributed by atoms with Crippen molar-refractivity contribution in [1.29, 1.82) is 0 Å². The van der Waals surface area contributed by atoms with E-state index in [1.807, 2.05) is 30.3 Å². The van der Waals surface area contributed by atoms with Gasteiger partial charge in [0.05, 0.1) is 6.04 Å². The number of rotatable bonds is 4. The fourth-order valence-corrected chi connectivity index (χ4v) is 3.72. The zero-order valence-corrected chi connectivity index (χ0v) is 15.3. The molecule has 8 heteroatoms. The van der Waals surface area contributed by atoms with E-state index in [9.17, 15) is 9.59 Å². The highest BCUT2D eigenvalue weighted by Gasteiger charge is 2.35. The van der Waals surface area contributed by atoms with Crippen molar-refractivity contribution in [1.82, 2.24) is 9.91 Å². The Hall–Kier alpha value is -2.32. The number of carbonyl (C=O) groups is 2. The fourth-order valence-electron chi connectivity index (χ4n) is 3.41. The number of amides is 2. The molecule has 7 nitrogen and oxygen atoms in total. The van der Waals surface area contributed by atoms with E-state index in [0.29, 0.717) is 30.8 Å². The van der Waals surface area contributed by atoms with E-state index in [2.05, 4.69) is 5.10 Å². The summed E-state index contributed by atoms with van der Waals surface area (Å²) in [6, 6.07) is 9.90. The first-order valence-corrected chi connectivity index (χ1v) is 9.52. The normalized spacial score (nSPS) is 21.3. The zero-order chi connectivity index (χ0) is 18.5. The van der Waals surface area contributed by atoms with E-state index in [1.54, 1.807) is 16.1 Å². The number of nitrogens with two attached hydrogens (primary N) is 2. The first kappa shape index (κ1) is 18.5. The lowest BCUT2D eigenvalue weighted by atomic mass is 9.94. The molecular weight excluding hydrogens is 350 g/mol. The molecule has 1 aromatic rings. The molecule has 0 bridgehead atoms. The van der Waals surface area contributed by atoms with Crippen molar-refractivity contribution in [2.45, 2.75) is 25.3 Å². The number of likely N-dealkylation sites (tertiary alicyclic amines) is 1. The lowest BCUT2D eigenvalue weighted by molar-refractivity contribution is -0.141. The minimum Gasteiger partial charge on any atom is -0.403 e. The highest BCUT2D eigenvalue weighted by atomic mass is 32.2. The van der Waals surface area contributed by atoms with Gasteiger partial charge in [-0.3, -0.25) is 14.7 Å². The Labute approximate surface area is 157 Å². The van der Waals surface area contributed by atoms with Crippen LogP contribution in [0, 0.1) is 5.92 Å². The van der Waals surface area contributed by atoms with E-state index < -0.39 is 0 Å². The molecule has 0 radical (unpaired) electrons. The molecule has 138 valence electrons. The van der Waals surface area contributed by atoms with E-state index in [4.69, 9.17) is 10.9 Å². The number of hydrogen-bond acceptors (Lipinski definition) is 6. The summed E-state index contributed by atoms with van der Waals surface area (Å²) in [5, 5.41) is 11.4. The molecule has 26 heavy (non-hydrogen) atoms. The molecule has 0 aliphatic carbocycles. The van der Waals surface area contributed by atoms with Crippen LogP contribution in [0.4, 0.5) is 0 Å². The number of hydrogen-bond donors (Lipinski definition) is 2. The quantitative estimate of drug-likeness (QED) is 0.616. The van der Waals surface area contributed by atoms with Gasteiger partial charge >= 0.3 is 0 Å². The first-order chi connectivity index (χ1) is 12.7. The Morgan fingerprint density at radius 2 is 1.88 bits per heavy atom. The molecule has 1 saturated heterocycles. The summed E-state index contributed by atoms with van der Waals surface area (Å²) < 4.78 is 0. The van der Waals surface area contributed by atoms with Crippen molar-refractivity contribution >= 4 is 30.0 Å². The Balaban J connectivity index is 1.62. The summed E-state index contributed by atoms with van der Waals surface area (Å²) in [5.41, 5.74) is 6.52. The number of benzene rings is 1. The van der Waals surface area contributed by atoms with Crippen molar-refractivity contribution in [2.75, 3.05) is 13.1 Å². The summed E-state index contributed by atoms with van der Waals surface area (Å²) >= 11 is 0.848. The summed E-state index contributed by atoms with van der Waals surface area (Å²) in [7, 11) is 0. The van der Waals surface area contributed by atoms with Gasteiger partial charge in [0.2, 0.25) is 5.91 Å². The predicted molar refractivity (Wildman–Crippen MR) is 102 cm³/mol. The van der Waals surface area contributed by atoms with Crippen molar-refractivity contribution in [3.63, 3.8) is 0 Å². The van der Waals surface area contributed by atoms with Gasteiger partial charge in [-0.2, -0.15) is 5.10 Å². The second-order valence-corrected chi connectivity index (χ2v) is 7.03. The molecule has 0 saturated carbocycles. The summed E-state index contributed by atoms with van der Waals surface area (Å²) in [4.78, 5) is 27.3. The van der Waals surface area contributed by atoms with Gasteiger partial charge in [-0.05, 0) is 30.4 Å². The van der Waals surface area contributed by atoms with E-state index in [-0.39, 0.29) is 23.8 Å². The van der Waals surface area contributed by atoms with E-state index >= 15 is 0 Å². The van der Waals surface area contributed by atoms with Gasteiger partial charge in [0.25, 0.3) is 5.91 Å². The Bertz CT molecular complexity index is 714. The van der Waals surface area contributed by atoms with E-state index in [0.717, 1.165) is 23.9 Å². The van der Waals surface area contributed by atoms with Crippen LogP contribution in [0.2, 0.25) is 0 Å². The number of carbonyl (C=O) groups excluding carboxylic acids is 2. The van der Waals surface area contributed by atoms with Crippen LogP contribution in [-0.4, -0.2) is 41.0 Å². The largest absolute Gasteiger partial charge is 0.403 e. The molecule has 2 amide bonds. The highest BCUT2D eigenvalue weighted by molar-refractivity contribution is 8.01. The molecule has 1 unspecified atom stereocenters. The molecule has 2 aliphatic heterocycles. The Morgan fingerprint density at radius 3 is 2.50 bits per heavy atom. The third-order valence-corrected chi connectivity index (χ3v) is 5.43. The molecule has 1 atom stereocenters. The third kappa shape index (κ3) is 3.76. The Morgan fingerprint density at radius 1 is 1.19 bits per heavy atom. The van der Waals surface area contributed by atoms with Gasteiger partial charge in [0.1, 0.15) is 4.91 Å². The molecule has 3 rings (SSSR count). The van der Waals surface area contributed by atoms with Crippen LogP contribution in [0.1, 0.15) is 30.9 Å². The van der Waals surface area contributed by atoms with Crippen molar-refractivity contribution in [3.8, 4) is 0 Å². The van der Waals surface area contributed by atoms with Gasteiger partial charge in [0, 0.05) is 37.8 Å². The van der Waals surface area contributed by atoms with Crippen LogP contribution < -0.4 is 10.9 Å². The monoisotopic (exact) mass is 373 g/mol. The molecule has 1 fully saturated rings. The smallest absolute Gasteiger partial charge is 0.263 e. The lowest BCUT2D eigenvalue weighted by Crippen LogP contribution is -2.43. The second kappa shape index (κ2) is 8.37. The molecular formula is C18H23N5O2S. The molecule has 0 aromatic heterocycles. The SMILES string of the molecule is N/C=C(\SN)C(=O)N1CCC(C(=O)N2N=CCC2c2ccccc2)CC1. The van der Waals surface area contributed by atoms with Crippen LogP contribution in [0.3, 0.4) is 0 Å². The zero-order valence-electron chi connectivity index (χ0n) is 14.5. The third-order valence-electron chi connectivity index (χ3n) is 4.86. The number of hydrazone groups is 1. The van der Waals surface area contributed by atoms with Crippen LogP contribution in [0.5, 0.6) is 0 Å². The average molecular weight is 373 g/mol. The predicted octanol–water partition coefficient (Wildman–Crippen LogP) is 1.59. The first-order valence-electron chi connectivity index (χ1n) is 8.64. The highest BCUT2D eigenvalue weighted by Crippen LogP contribution is 2.31. The van der Waals surface area contributed by atoms with E-state index in [1.165, 1.54) is 6.20 Å². The minimum atomic E-state index is -0.174. The van der Waals surface area contributed by atoms with Gasteiger partial charge < -0.3 is 10.6 Å².